The second-order valence-electron chi connectivity index (χ2n) is 6.95. The van der Waals surface area contributed by atoms with E-state index in [9.17, 15) is 14.4 Å². The molecule has 29 heavy (non-hydrogen) atoms. The van der Waals surface area contributed by atoms with Crippen LogP contribution in [0, 0.1) is 0 Å². The van der Waals surface area contributed by atoms with Gasteiger partial charge in [0.1, 0.15) is 5.25 Å². The highest BCUT2D eigenvalue weighted by Crippen LogP contribution is 2.40. The molecule has 4 rings (SSSR count). The van der Waals surface area contributed by atoms with E-state index < -0.39 is 5.25 Å². The van der Waals surface area contributed by atoms with E-state index in [2.05, 4.69) is 15.5 Å². The largest absolute Gasteiger partial charge is 0.344 e. The number of Topliss-reactive ketones (excluding diaryl/α,β-unsaturated/α-hetero) is 1. The summed E-state index contributed by atoms with van der Waals surface area (Å²) in [6.45, 7) is 1.48. The molecule has 0 bridgehead atoms. The predicted octanol–water partition coefficient (Wildman–Crippen LogP) is 3.58. The van der Waals surface area contributed by atoms with E-state index in [1.807, 2.05) is 30.3 Å². The number of aromatic amines is 1. The van der Waals surface area contributed by atoms with Gasteiger partial charge in [-0.2, -0.15) is 0 Å². The Morgan fingerprint density at radius 1 is 1.17 bits per heavy atom. The Labute approximate surface area is 171 Å². The lowest BCUT2D eigenvalue weighted by Crippen LogP contribution is -2.21. The predicted molar refractivity (Wildman–Crippen MR) is 111 cm³/mol. The van der Waals surface area contributed by atoms with Crippen molar-refractivity contribution in [2.75, 3.05) is 5.32 Å². The number of carbonyl (C=O) groups excluding carboxylic acids is 2. The number of carbonyl (C=O) groups is 2. The molecule has 0 unspecified atom stereocenters. The number of anilines is 1. The number of ketones is 1. The van der Waals surface area contributed by atoms with Crippen molar-refractivity contribution in [3.05, 3.63) is 76.2 Å². The van der Waals surface area contributed by atoms with Crippen LogP contribution in [0.4, 0.5) is 5.69 Å². The molecule has 0 spiro atoms. The SMILES string of the molecule is CC(=O)c1cccc(NC(=O)[C@H](Sc2n[nH]c(=O)n2C2CC2)c2ccccc2)c1. The van der Waals surface area contributed by atoms with Crippen LogP contribution in [-0.4, -0.2) is 26.5 Å². The maximum absolute atomic E-state index is 13.2. The van der Waals surface area contributed by atoms with Gasteiger partial charge in [0, 0.05) is 17.3 Å². The molecular weight excluding hydrogens is 388 g/mol. The lowest BCUT2D eigenvalue weighted by Gasteiger charge is -2.17. The number of rotatable bonds is 7. The van der Waals surface area contributed by atoms with Crippen molar-refractivity contribution in [3.63, 3.8) is 0 Å². The Morgan fingerprint density at radius 3 is 2.62 bits per heavy atom. The summed E-state index contributed by atoms with van der Waals surface area (Å²) < 4.78 is 1.63. The second-order valence-corrected chi connectivity index (χ2v) is 8.02. The highest BCUT2D eigenvalue weighted by atomic mass is 32.2. The van der Waals surface area contributed by atoms with Crippen molar-refractivity contribution >= 4 is 29.1 Å². The Morgan fingerprint density at radius 2 is 1.93 bits per heavy atom. The summed E-state index contributed by atoms with van der Waals surface area (Å²) in [5, 5.41) is 9.41. The molecular formula is C21H20N4O3S. The van der Waals surface area contributed by atoms with Crippen molar-refractivity contribution in [1.82, 2.24) is 14.8 Å². The van der Waals surface area contributed by atoms with Crippen LogP contribution in [0.15, 0.2) is 64.5 Å². The third-order valence-electron chi connectivity index (χ3n) is 4.68. The first kappa shape index (κ1) is 19.2. The summed E-state index contributed by atoms with van der Waals surface area (Å²) in [5.41, 5.74) is 1.62. The summed E-state index contributed by atoms with van der Waals surface area (Å²) >= 11 is 1.24. The van der Waals surface area contributed by atoms with Crippen molar-refractivity contribution in [1.29, 1.82) is 0 Å². The molecule has 0 radical (unpaired) electrons. The molecule has 148 valence electrons. The van der Waals surface area contributed by atoms with Crippen LogP contribution in [0.3, 0.4) is 0 Å². The molecule has 1 fully saturated rings. The van der Waals surface area contributed by atoms with Crippen molar-refractivity contribution in [3.8, 4) is 0 Å². The molecule has 1 aromatic heterocycles. The average molecular weight is 408 g/mol. The fourth-order valence-electron chi connectivity index (χ4n) is 3.06. The molecule has 7 nitrogen and oxygen atoms in total. The highest BCUT2D eigenvalue weighted by molar-refractivity contribution is 8.00. The highest BCUT2D eigenvalue weighted by Gasteiger charge is 2.31. The zero-order chi connectivity index (χ0) is 20.4. The Balaban J connectivity index is 1.63. The Bertz CT molecular complexity index is 1100. The van der Waals surface area contributed by atoms with E-state index in [4.69, 9.17) is 0 Å². The molecule has 2 N–H and O–H groups in total. The van der Waals surface area contributed by atoms with Gasteiger partial charge < -0.3 is 5.32 Å². The minimum Gasteiger partial charge on any atom is -0.325 e. The number of H-pyrrole nitrogens is 1. The molecule has 3 aromatic rings. The minimum atomic E-state index is -0.607. The van der Waals surface area contributed by atoms with Crippen molar-refractivity contribution < 1.29 is 9.59 Å². The summed E-state index contributed by atoms with van der Waals surface area (Å²) in [5.74, 6) is -0.320. The molecule has 0 aliphatic heterocycles. The number of amides is 1. The van der Waals surface area contributed by atoms with Gasteiger partial charge in [0.2, 0.25) is 5.91 Å². The van der Waals surface area contributed by atoms with Crippen LogP contribution in [-0.2, 0) is 4.79 Å². The number of thioether (sulfide) groups is 1. The van der Waals surface area contributed by atoms with Crippen LogP contribution in [0.5, 0.6) is 0 Å². The van der Waals surface area contributed by atoms with E-state index in [0.29, 0.717) is 16.4 Å². The molecule has 1 amide bonds. The van der Waals surface area contributed by atoms with Gasteiger partial charge in [0.05, 0.1) is 0 Å². The molecule has 1 aliphatic carbocycles. The second kappa shape index (κ2) is 8.08. The van der Waals surface area contributed by atoms with Crippen LogP contribution in [0.25, 0.3) is 0 Å². The van der Waals surface area contributed by atoms with Gasteiger partial charge in [-0.3, -0.25) is 14.2 Å². The molecule has 8 heteroatoms. The van der Waals surface area contributed by atoms with Gasteiger partial charge in [0.25, 0.3) is 0 Å². The van der Waals surface area contributed by atoms with E-state index in [0.717, 1.165) is 18.4 Å². The van der Waals surface area contributed by atoms with E-state index in [1.54, 1.807) is 28.8 Å². The third kappa shape index (κ3) is 4.32. The van der Waals surface area contributed by atoms with Gasteiger partial charge in [-0.05, 0) is 37.5 Å². The number of hydrogen-bond acceptors (Lipinski definition) is 5. The zero-order valence-corrected chi connectivity index (χ0v) is 16.6. The van der Waals surface area contributed by atoms with Crippen LogP contribution in [0.2, 0.25) is 0 Å². The normalized spacial score (nSPS) is 14.4. The summed E-state index contributed by atoms with van der Waals surface area (Å²) in [6.07, 6.45) is 1.88. The van der Waals surface area contributed by atoms with E-state index >= 15 is 0 Å². The van der Waals surface area contributed by atoms with Gasteiger partial charge in [-0.15, -0.1) is 5.10 Å². The smallest absolute Gasteiger partial charge is 0.325 e. The maximum atomic E-state index is 13.2. The monoisotopic (exact) mass is 408 g/mol. The van der Waals surface area contributed by atoms with Gasteiger partial charge in [-0.25, -0.2) is 9.89 Å². The van der Waals surface area contributed by atoms with Crippen LogP contribution in [0.1, 0.15) is 47.0 Å². The van der Waals surface area contributed by atoms with Gasteiger partial charge >= 0.3 is 5.69 Å². The quantitative estimate of drug-likeness (QED) is 0.460. The average Bonchev–Trinajstić information content (AvgIpc) is 3.49. The number of nitrogens with one attached hydrogen (secondary N) is 2. The first-order valence-corrected chi connectivity index (χ1v) is 10.2. The van der Waals surface area contributed by atoms with E-state index in [1.165, 1.54) is 18.7 Å². The van der Waals surface area contributed by atoms with E-state index in [-0.39, 0.29) is 23.4 Å². The van der Waals surface area contributed by atoms with Crippen LogP contribution < -0.4 is 11.0 Å². The molecule has 1 atom stereocenters. The maximum Gasteiger partial charge on any atom is 0.344 e. The first-order valence-electron chi connectivity index (χ1n) is 9.33. The fourth-order valence-corrected chi connectivity index (χ4v) is 4.17. The number of aromatic nitrogens is 3. The third-order valence-corrected chi connectivity index (χ3v) is 5.91. The van der Waals surface area contributed by atoms with Crippen LogP contribution >= 0.6 is 11.8 Å². The van der Waals surface area contributed by atoms with Gasteiger partial charge in [-0.1, -0.05) is 54.2 Å². The number of nitrogens with zero attached hydrogens (tertiary/aromatic N) is 2. The molecule has 0 saturated heterocycles. The lowest BCUT2D eigenvalue weighted by molar-refractivity contribution is -0.115. The topological polar surface area (TPSA) is 96.8 Å². The van der Waals surface area contributed by atoms with Crippen molar-refractivity contribution in [2.45, 2.75) is 36.2 Å². The molecule has 2 aromatic carbocycles. The standard InChI is InChI=1S/C21H20N4O3S/c1-13(26)15-8-5-9-16(12-15)22-19(27)18(14-6-3-2-4-7-14)29-21-24-23-20(28)25(21)17-10-11-17/h2-9,12,17-18H,10-11H2,1H3,(H,22,27)(H,23,28)/t18-/m1/s1. The Hall–Kier alpha value is -3.13. The zero-order valence-electron chi connectivity index (χ0n) is 15.8. The fraction of sp³-hybridized carbons (Fsp3) is 0.238. The number of benzene rings is 2. The van der Waals surface area contributed by atoms with Crippen molar-refractivity contribution in [2.24, 2.45) is 0 Å². The summed E-state index contributed by atoms with van der Waals surface area (Å²) in [6, 6.07) is 16.3. The Kier molecular flexibility index (Phi) is 5.35. The molecule has 1 saturated carbocycles. The first-order chi connectivity index (χ1) is 14.0. The summed E-state index contributed by atoms with van der Waals surface area (Å²) in [7, 11) is 0. The minimum absolute atomic E-state index is 0.0694. The number of hydrogen-bond donors (Lipinski definition) is 2. The van der Waals surface area contributed by atoms with Gasteiger partial charge in [0.15, 0.2) is 10.9 Å². The summed E-state index contributed by atoms with van der Waals surface area (Å²) in [4.78, 5) is 36.9. The molecule has 1 heterocycles. The molecule has 1 aliphatic rings. The lowest BCUT2D eigenvalue weighted by atomic mass is 10.1.